The molecule has 0 aliphatic heterocycles. The Hall–Kier alpha value is -8.67. The van der Waals surface area contributed by atoms with Crippen molar-refractivity contribution in [2.45, 2.75) is 319 Å². The summed E-state index contributed by atoms with van der Waals surface area (Å²) in [7, 11) is 0. The Morgan fingerprint density at radius 1 is 0.341 bits per heavy atom. The van der Waals surface area contributed by atoms with Gasteiger partial charge in [0, 0.05) is 126 Å². The van der Waals surface area contributed by atoms with Gasteiger partial charge in [0.1, 0.15) is 69.2 Å². The molecule has 0 spiro atoms. The first-order chi connectivity index (χ1) is 62.1. The van der Waals surface area contributed by atoms with Crippen LogP contribution in [0.25, 0.3) is 32.3 Å². The zero-order chi connectivity index (χ0) is 97.8. The Labute approximate surface area is 787 Å². The van der Waals surface area contributed by atoms with Gasteiger partial charge < -0.3 is 46.0 Å². The van der Waals surface area contributed by atoms with E-state index in [0.29, 0.717) is 196 Å². The molecule has 12 aliphatic carbocycles. The van der Waals surface area contributed by atoms with Crippen LogP contribution in [-0.2, 0) is 43.2 Å². The van der Waals surface area contributed by atoms with Crippen LogP contribution in [0.1, 0.15) is 319 Å². The maximum absolute atomic E-state index is 13.8. The molecule has 6 aromatic rings. The van der Waals surface area contributed by atoms with Gasteiger partial charge in [-0.15, -0.1) is 0 Å². The summed E-state index contributed by atoms with van der Waals surface area (Å²) in [6.07, 6.45) is 21.5. The molecule has 132 heavy (non-hydrogen) atoms. The number of carboxylic acids is 3. The second kappa shape index (κ2) is 41.9. The van der Waals surface area contributed by atoms with Gasteiger partial charge in [-0.25, -0.2) is 0 Å². The van der Waals surface area contributed by atoms with Crippen molar-refractivity contribution >= 4 is 84.9 Å². The average molecular weight is 1820 g/mol. The first-order valence-electron chi connectivity index (χ1n) is 50.6. The Balaban J connectivity index is 0.000000169. The SMILES string of the molecule is CC.CC.CC.C[C@H](CCC(=O)O)[C@H]1CC[C@H]2[C@@H]3C(=O)CC4CC(=O)CC[C@]4(C)[C@H]3CC(C)(C)[C@]12C.C[C@H](CCC(=O)O)[C@H]1CC[C@H]2[C@@H]3C(=O)CC4CC(C)(C)CC[C@]4(C)[C@H]3CC(=O)[C@]12C.C[C@H](CCC(=O)O)[C@H]1CC[C@H]2[C@H]3[C@H](CC(=O)[C@]12C)[C@@]1(C)CCC(=O)CC1CC3(C)C.Oc1cccc2c(O)cccc12.Oc1cccc2c(O)cccc12.Oc1cccc2c(O)cccc12. The highest BCUT2D eigenvalue weighted by atomic mass is 16.4. The number of ketones is 6. The molecule has 12 aliphatic rings. The Morgan fingerprint density at radius 2 is 0.659 bits per heavy atom. The van der Waals surface area contributed by atoms with Crippen molar-refractivity contribution in [2.24, 2.45) is 155 Å². The summed E-state index contributed by atoms with van der Waals surface area (Å²) >= 11 is 0. The van der Waals surface area contributed by atoms with E-state index in [1.165, 1.54) is 6.42 Å². The topological polar surface area (TPSA) is 336 Å². The number of aromatic hydroxyl groups is 6. The fourth-order valence-electron chi connectivity index (χ4n) is 30.2. The van der Waals surface area contributed by atoms with Crippen molar-refractivity contribution in [1.82, 2.24) is 0 Å². The second-order valence-electron chi connectivity index (χ2n) is 45.1. The molecule has 6 aromatic carbocycles. The number of aliphatic carboxylic acids is 3. The van der Waals surface area contributed by atoms with Crippen molar-refractivity contribution in [3.8, 4) is 34.5 Å². The first-order valence-corrected chi connectivity index (χ1v) is 50.6. The van der Waals surface area contributed by atoms with E-state index in [1.54, 1.807) is 109 Å². The molecular formula is C114H162O18. The fraction of sp³-hybridized carbons (Fsp3) is 0.658. The van der Waals surface area contributed by atoms with Crippen LogP contribution in [0.4, 0.5) is 0 Å². The van der Waals surface area contributed by atoms with Crippen molar-refractivity contribution in [1.29, 1.82) is 0 Å². The monoisotopic (exact) mass is 1820 g/mol. The van der Waals surface area contributed by atoms with E-state index in [0.717, 1.165) is 83.5 Å². The minimum absolute atomic E-state index is 0.0341. The van der Waals surface area contributed by atoms with Gasteiger partial charge in [-0.05, 0) is 272 Å². The normalized spacial score (nSPS) is 34.3. The minimum Gasteiger partial charge on any atom is -0.507 e. The molecule has 12 fully saturated rings. The quantitative estimate of drug-likeness (QED) is 0.0549. The number of phenolic OH excluding ortho intramolecular Hbond substituents is 6. The van der Waals surface area contributed by atoms with E-state index < -0.39 is 23.3 Å². The van der Waals surface area contributed by atoms with Crippen LogP contribution >= 0.6 is 0 Å². The van der Waals surface area contributed by atoms with Crippen LogP contribution in [0, 0.1) is 155 Å². The third-order valence-corrected chi connectivity index (χ3v) is 37.5. The molecule has 18 heteroatoms. The number of carboxylic acid groups (broad SMARTS) is 3. The predicted octanol–water partition coefficient (Wildman–Crippen LogP) is 26.4. The Kier molecular flexibility index (Phi) is 33.4. The summed E-state index contributed by atoms with van der Waals surface area (Å²) in [6, 6.07) is 30.4. The molecule has 18 rings (SSSR count). The maximum Gasteiger partial charge on any atom is 0.303 e. The van der Waals surface area contributed by atoms with Gasteiger partial charge in [0.25, 0.3) is 0 Å². The molecule has 3 unspecified atom stereocenters. The van der Waals surface area contributed by atoms with Crippen LogP contribution in [-0.4, -0.2) is 98.6 Å². The standard InChI is InChI=1S/3C26H40O4.3C10H8O2.3C2H6/c1-15(6-9-22(29)30)18-7-8-19-23-20(13-21(28)26(18,19)5)25(4)11-10-17(27)12-16(25)14-24(23,2)3;1-15(6-9-22(29)30)17-7-8-18-23-19(13-21(28)26(17,18)5)25(4)11-10-24(2,3)14-16(25)12-20(23)27;1-15(6-9-22(29)30)18-7-8-19-23-20(14-24(2,3)26(18,19)5)25(4)11-10-17(27)12-16(25)13-21(23)28;3*11-9-5-1-3-7-8(9)4-2-6-10(7)12;3*1-2/h15-16,18-20,23H,6-14H2,1-5H3,(H,29,30);15-19,23H,6-14H2,1-5H3,(H,29,30);15-16,18-20,23H,6-14H2,1-5H3,(H,29,30);3*1-6,11-12H;3*1-2H3/t15-,16?,18-,19+,20+,23+,25+,26-;15-,16?,17-,18+,19+,23+,25+,26-;15-,16?,18-,19+,20+,23+,25+,26-;;;;;;/m111....../s1. The molecule has 0 radical (unpaired) electrons. The molecule has 12 saturated carbocycles. The van der Waals surface area contributed by atoms with E-state index in [1.807, 2.05) is 41.5 Å². The smallest absolute Gasteiger partial charge is 0.303 e. The van der Waals surface area contributed by atoms with Crippen LogP contribution in [0.3, 0.4) is 0 Å². The first kappa shape index (κ1) is 105. The highest BCUT2D eigenvalue weighted by molar-refractivity contribution is 5.96. The fourth-order valence-corrected chi connectivity index (χ4v) is 30.2. The zero-order valence-electron chi connectivity index (χ0n) is 83.6. The van der Waals surface area contributed by atoms with Crippen molar-refractivity contribution < 1.29 is 89.1 Å². The summed E-state index contributed by atoms with van der Waals surface area (Å²) in [5.41, 5.74) is 0.157. The largest absolute Gasteiger partial charge is 0.507 e. The molecule has 0 amide bonds. The van der Waals surface area contributed by atoms with E-state index in [9.17, 15) is 78.9 Å². The van der Waals surface area contributed by atoms with Gasteiger partial charge in [-0.2, -0.15) is 0 Å². The predicted molar refractivity (Wildman–Crippen MR) is 523 cm³/mol. The van der Waals surface area contributed by atoms with Gasteiger partial charge in [-0.1, -0.05) is 218 Å². The molecule has 0 aromatic heterocycles. The molecule has 0 heterocycles. The van der Waals surface area contributed by atoms with Crippen LogP contribution in [0.2, 0.25) is 0 Å². The van der Waals surface area contributed by atoms with Crippen LogP contribution < -0.4 is 0 Å². The van der Waals surface area contributed by atoms with Crippen molar-refractivity contribution in [2.75, 3.05) is 0 Å². The van der Waals surface area contributed by atoms with E-state index >= 15 is 0 Å². The lowest BCUT2D eigenvalue weighted by Crippen LogP contribution is -2.62. The summed E-state index contributed by atoms with van der Waals surface area (Å²) in [4.78, 5) is 112. The highest BCUT2D eigenvalue weighted by Gasteiger charge is 2.71. The second-order valence-corrected chi connectivity index (χ2v) is 45.1. The van der Waals surface area contributed by atoms with E-state index in [2.05, 4.69) is 104 Å². The lowest BCUT2D eigenvalue weighted by molar-refractivity contribution is -0.182. The number of rotatable bonds is 12. The minimum atomic E-state index is -0.766. The maximum atomic E-state index is 13.8. The molecule has 726 valence electrons. The number of carbonyl (C=O) groups excluding carboxylic acids is 6. The summed E-state index contributed by atoms with van der Waals surface area (Å²) < 4.78 is 0. The van der Waals surface area contributed by atoms with Gasteiger partial charge in [-0.3, -0.25) is 43.2 Å². The third-order valence-electron chi connectivity index (χ3n) is 37.5. The van der Waals surface area contributed by atoms with Gasteiger partial charge in [0.15, 0.2) is 0 Å². The van der Waals surface area contributed by atoms with E-state index in [-0.39, 0.29) is 139 Å². The number of Topliss-reactive ketones (excluding diaryl/α,β-unsaturated/α-hetero) is 6. The van der Waals surface area contributed by atoms with Crippen molar-refractivity contribution in [3.63, 3.8) is 0 Å². The molecular weight excluding hydrogens is 1660 g/mol. The molecule has 0 saturated heterocycles. The number of benzene rings is 6. The Bertz CT molecular complexity index is 4800. The number of carbonyl (C=O) groups is 9. The lowest BCUT2D eigenvalue weighted by atomic mass is 9.39. The number of phenols is 6. The molecule has 24 atom stereocenters. The van der Waals surface area contributed by atoms with Crippen LogP contribution in [0.5, 0.6) is 34.5 Å². The lowest BCUT2D eigenvalue weighted by Gasteiger charge is -2.65. The number of fused-ring (bicyclic) bond motifs is 18. The Morgan fingerprint density at radius 3 is 1.06 bits per heavy atom. The van der Waals surface area contributed by atoms with Crippen LogP contribution in [0.15, 0.2) is 109 Å². The van der Waals surface area contributed by atoms with Gasteiger partial charge in [0.05, 0.1) is 0 Å². The molecule has 18 nitrogen and oxygen atoms in total. The summed E-state index contributed by atoms with van der Waals surface area (Å²) in [5.74, 6) is 6.83. The molecule has 9 N–H and O–H groups in total. The number of hydrogen-bond donors (Lipinski definition) is 9. The zero-order valence-corrected chi connectivity index (χ0v) is 83.6. The van der Waals surface area contributed by atoms with Gasteiger partial charge >= 0.3 is 17.9 Å². The average Bonchev–Trinajstić information content (AvgIpc) is 1.41. The third kappa shape index (κ3) is 20.3. The molecule has 0 bridgehead atoms. The van der Waals surface area contributed by atoms with E-state index in [4.69, 9.17) is 10.2 Å². The summed E-state index contributed by atoms with van der Waals surface area (Å²) in [6.45, 7) is 46.7. The highest BCUT2D eigenvalue weighted by Crippen LogP contribution is 2.75. The summed E-state index contributed by atoms with van der Waals surface area (Å²) in [5, 5.41) is 87.8. The number of hydrogen-bond acceptors (Lipinski definition) is 15. The van der Waals surface area contributed by atoms with Gasteiger partial charge in [0.2, 0.25) is 0 Å². The van der Waals surface area contributed by atoms with Crippen molar-refractivity contribution in [3.05, 3.63) is 109 Å².